The van der Waals surface area contributed by atoms with Crippen LogP contribution in [-0.4, -0.2) is 33.2 Å². The molecular weight excluding hydrogens is 439 g/mol. The number of hydrogen-bond donors (Lipinski definition) is 3. The summed E-state index contributed by atoms with van der Waals surface area (Å²) in [6.07, 6.45) is -2.88. The van der Waals surface area contributed by atoms with E-state index in [1.165, 1.54) is 12.1 Å². The van der Waals surface area contributed by atoms with Crippen LogP contribution < -0.4 is 10.6 Å². The number of halogens is 4. The van der Waals surface area contributed by atoms with Gasteiger partial charge < -0.3 is 15.7 Å². The van der Waals surface area contributed by atoms with Gasteiger partial charge in [-0.3, -0.25) is 4.98 Å². The molecule has 6 nitrogen and oxygen atoms in total. The van der Waals surface area contributed by atoms with Crippen molar-refractivity contribution in [1.82, 2.24) is 15.0 Å². The van der Waals surface area contributed by atoms with Crippen LogP contribution in [0.3, 0.4) is 0 Å². The minimum Gasteiger partial charge on any atom is -0.395 e. The third-order valence-electron chi connectivity index (χ3n) is 3.59. The first kappa shape index (κ1) is 20.0. The normalized spacial score (nSPS) is 11.3. The topological polar surface area (TPSA) is 83.0 Å². The molecule has 2 aromatic heterocycles. The molecule has 0 saturated carbocycles. The molecule has 0 radical (unpaired) electrons. The number of rotatable bonds is 6. The molecule has 10 heteroatoms. The fourth-order valence-electron chi connectivity index (χ4n) is 2.37. The largest absolute Gasteiger partial charge is 0.417 e. The summed E-state index contributed by atoms with van der Waals surface area (Å²) in [5.41, 5.74) is 0.475. The standard InChI is InChI=1S/C18H15BrF3N5O/c19-13-5-4-11(9-12(13)18(20,21)22)25-16-10-15(14-3-1-2-6-23-14)26-17(27-16)24-7-8-28/h1-6,9-10,28H,7-8H2,(H2,24,25,26,27). The third-order valence-corrected chi connectivity index (χ3v) is 4.28. The van der Waals surface area contributed by atoms with E-state index >= 15 is 0 Å². The number of pyridine rings is 1. The van der Waals surface area contributed by atoms with Gasteiger partial charge in [0.2, 0.25) is 5.95 Å². The summed E-state index contributed by atoms with van der Waals surface area (Å²) in [6, 6.07) is 10.7. The van der Waals surface area contributed by atoms with Crippen molar-refractivity contribution in [2.75, 3.05) is 23.8 Å². The Balaban J connectivity index is 1.97. The zero-order chi connectivity index (χ0) is 20.1. The number of nitrogens with one attached hydrogen (secondary N) is 2. The molecule has 0 unspecified atom stereocenters. The van der Waals surface area contributed by atoms with Crippen LogP contribution in [0.1, 0.15) is 5.56 Å². The maximum atomic E-state index is 13.1. The van der Waals surface area contributed by atoms with Gasteiger partial charge in [0, 0.05) is 29.0 Å². The maximum absolute atomic E-state index is 13.1. The van der Waals surface area contributed by atoms with Gasteiger partial charge in [-0.1, -0.05) is 22.0 Å². The fourth-order valence-corrected chi connectivity index (χ4v) is 2.84. The highest BCUT2D eigenvalue weighted by molar-refractivity contribution is 9.10. The molecule has 1 aromatic carbocycles. The second-order valence-electron chi connectivity index (χ2n) is 5.64. The van der Waals surface area contributed by atoms with Crippen LogP contribution in [0.15, 0.2) is 53.1 Å². The molecule has 0 amide bonds. The number of anilines is 3. The van der Waals surface area contributed by atoms with Crippen LogP contribution in [-0.2, 0) is 6.18 Å². The van der Waals surface area contributed by atoms with E-state index in [0.717, 1.165) is 6.07 Å². The SMILES string of the molecule is OCCNc1nc(Nc2ccc(Br)c(C(F)(F)F)c2)cc(-c2ccccn2)n1. The first-order valence-electron chi connectivity index (χ1n) is 8.16. The Morgan fingerprint density at radius 2 is 1.86 bits per heavy atom. The summed E-state index contributed by atoms with van der Waals surface area (Å²) in [5, 5.41) is 14.7. The highest BCUT2D eigenvalue weighted by atomic mass is 79.9. The first-order valence-corrected chi connectivity index (χ1v) is 8.95. The van der Waals surface area contributed by atoms with E-state index < -0.39 is 11.7 Å². The summed E-state index contributed by atoms with van der Waals surface area (Å²) >= 11 is 2.92. The van der Waals surface area contributed by atoms with Gasteiger partial charge in [0.05, 0.1) is 23.6 Å². The summed E-state index contributed by atoms with van der Waals surface area (Å²) in [4.78, 5) is 12.8. The van der Waals surface area contributed by atoms with E-state index in [9.17, 15) is 13.2 Å². The average Bonchev–Trinajstić information content (AvgIpc) is 2.67. The van der Waals surface area contributed by atoms with Crippen molar-refractivity contribution in [3.8, 4) is 11.4 Å². The van der Waals surface area contributed by atoms with Gasteiger partial charge in [-0.25, -0.2) is 4.98 Å². The smallest absolute Gasteiger partial charge is 0.395 e. The monoisotopic (exact) mass is 453 g/mol. The molecule has 3 aromatic rings. The number of aromatic nitrogens is 3. The van der Waals surface area contributed by atoms with Crippen LogP contribution >= 0.6 is 15.9 Å². The third kappa shape index (κ3) is 4.96. The minimum atomic E-state index is -4.49. The van der Waals surface area contributed by atoms with Crippen molar-refractivity contribution < 1.29 is 18.3 Å². The molecule has 28 heavy (non-hydrogen) atoms. The van der Waals surface area contributed by atoms with E-state index in [0.29, 0.717) is 11.4 Å². The van der Waals surface area contributed by atoms with Crippen LogP contribution in [0.5, 0.6) is 0 Å². The predicted octanol–water partition coefficient (Wildman–Crippen LogP) is 4.47. The first-order chi connectivity index (χ1) is 13.4. The fraction of sp³-hybridized carbons (Fsp3) is 0.167. The molecule has 0 saturated heterocycles. The summed E-state index contributed by atoms with van der Waals surface area (Å²) in [6.45, 7) is 0.100. The number of aliphatic hydroxyl groups excluding tert-OH is 1. The second kappa shape index (κ2) is 8.53. The zero-order valence-electron chi connectivity index (χ0n) is 14.3. The molecule has 2 heterocycles. The van der Waals surface area contributed by atoms with Crippen LogP contribution in [0, 0.1) is 0 Å². The molecule has 3 N–H and O–H groups in total. The van der Waals surface area contributed by atoms with Crippen molar-refractivity contribution in [3.05, 3.63) is 58.7 Å². The lowest BCUT2D eigenvalue weighted by molar-refractivity contribution is -0.138. The second-order valence-corrected chi connectivity index (χ2v) is 6.50. The van der Waals surface area contributed by atoms with E-state index in [1.54, 1.807) is 30.5 Å². The molecule has 146 valence electrons. The number of alkyl halides is 3. The van der Waals surface area contributed by atoms with Crippen LogP contribution in [0.4, 0.5) is 30.6 Å². The van der Waals surface area contributed by atoms with Gasteiger partial charge in [-0.15, -0.1) is 0 Å². The Morgan fingerprint density at radius 1 is 1.04 bits per heavy atom. The molecule has 3 rings (SSSR count). The molecule has 0 fully saturated rings. The Bertz CT molecular complexity index is 954. The van der Waals surface area contributed by atoms with E-state index in [-0.39, 0.29) is 35.1 Å². The Hall–Kier alpha value is -2.72. The van der Waals surface area contributed by atoms with Crippen molar-refractivity contribution >= 4 is 33.4 Å². The molecule has 0 aliphatic heterocycles. The predicted molar refractivity (Wildman–Crippen MR) is 103 cm³/mol. The Morgan fingerprint density at radius 3 is 2.54 bits per heavy atom. The summed E-state index contributed by atoms with van der Waals surface area (Å²) in [7, 11) is 0. The lowest BCUT2D eigenvalue weighted by Crippen LogP contribution is -2.10. The van der Waals surface area contributed by atoms with E-state index in [4.69, 9.17) is 5.11 Å². The molecular formula is C18H15BrF3N5O. The molecule has 0 atom stereocenters. The van der Waals surface area contributed by atoms with Gasteiger partial charge in [0.1, 0.15) is 5.82 Å². The maximum Gasteiger partial charge on any atom is 0.417 e. The van der Waals surface area contributed by atoms with Gasteiger partial charge in [0.25, 0.3) is 0 Å². The molecule has 0 spiro atoms. The van der Waals surface area contributed by atoms with Crippen LogP contribution in [0.2, 0.25) is 0 Å². The number of aliphatic hydroxyl groups is 1. The quantitative estimate of drug-likeness (QED) is 0.510. The Kier molecular flexibility index (Phi) is 6.10. The lowest BCUT2D eigenvalue weighted by atomic mass is 10.2. The Labute approximate surface area is 167 Å². The average molecular weight is 454 g/mol. The zero-order valence-corrected chi connectivity index (χ0v) is 15.9. The molecule has 0 bridgehead atoms. The van der Waals surface area contributed by atoms with Crippen molar-refractivity contribution in [3.63, 3.8) is 0 Å². The summed E-state index contributed by atoms with van der Waals surface area (Å²) in [5.74, 6) is 0.499. The van der Waals surface area contributed by atoms with Gasteiger partial charge >= 0.3 is 6.18 Å². The van der Waals surface area contributed by atoms with Gasteiger partial charge in [-0.05, 0) is 30.3 Å². The van der Waals surface area contributed by atoms with Gasteiger partial charge in [0.15, 0.2) is 0 Å². The molecule has 0 aliphatic rings. The summed E-state index contributed by atoms with van der Waals surface area (Å²) < 4.78 is 39.3. The van der Waals surface area contributed by atoms with Gasteiger partial charge in [-0.2, -0.15) is 18.2 Å². The van der Waals surface area contributed by atoms with Crippen LogP contribution in [0.25, 0.3) is 11.4 Å². The minimum absolute atomic E-state index is 0.0484. The van der Waals surface area contributed by atoms with E-state index in [1.807, 2.05) is 0 Å². The highest BCUT2D eigenvalue weighted by Crippen LogP contribution is 2.37. The highest BCUT2D eigenvalue weighted by Gasteiger charge is 2.33. The molecule has 0 aliphatic carbocycles. The van der Waals surface area contributed by atoms with E-state index in [2.05, 4.69) is 41.5 Å². The van der Waals surface area contributed by atoms with Crippen molar-refractivity contribution in [2.24, 2.45) is 0 Å². The lowest BCUT2D eigenvalue weighted by Gasteiger charge is -2.13. The number of hydrogen-bond acceptors (Lipinski definition) is 6. The van der Waals surface area contributed by atoms with Crippen molar-refractivity contribution in [1.29, 1.82) is 0 Å². The van der Waals surface area contributed by atoms with Crippen molar-refractivity contribution in [2.45, 2.75) is 6.18 Å². The number of benzene rings is 1. The number of nitrogens with zero attached hydrogens (tertiary/aromatic N) is 3.